The van der Waals surface area contributed by atoms with Crippen molar-refractivity contribution in [3.63, 3.8) is 0 Å². The molecule has 126 valence electrons. The van der Waals surface area contributed by atoms with E-state index in [0.29, 0.717) is 14.9 Å². The Balaban J connectivity index is 1.82. The van der Waals surface area contributed by atoms with Crippen LogP contribution in [0.4, 0.5) is 0 Å². The Bertz CT molecular complexity index is 789. The van der Waals surface area contributed by atoms with Gasteiger partial charge in [-0.25, -0.2) is 8.42 Å². The zero-order valence-electron chi connectivity index (χ0n) is 13.3. The second kappa shape index (κ2) is 5.58. The molecule has 0 heterocycles. The minimum atomic E-state index is -3.66. The van der Waals surface area contributed by atoms with Crippen molar-refractivity contribution >= 4 is 41.9 Å². The maximum absolute atomic E-state index is 12.6. The SMILES string of the molecule is CC1(C)[C@@H]2C=C(NNS(=O)(=O)c3cc(Br)ccc3Br)[C@@]1(C)CC2. The predicted octanol–water partition coefficient (Wildman–Crippen LogP) is 4.33. The van der Waals surface area contributed by atoms with Crippen molar-refractivity contribution in [1.29, 1.82) is 0 Å². The first-order valence-electron chi connectivity index (χ1n) is 7.53. The number of fused-ring (bicyclic) bond motifs is 2. The fourth-order valence-electron chi connectivity index (χ4n) is 3.73. The minimum absolute atomic E-state index is 0.0192. The zero-order chi connectivity index (χ0) is 17.0. The van der Waals surface area contributed by atoms with Gasteiger partial charge in [-0.05, 0) is 58.3 Å². The van der Waals surface area contributed by atoms with E-state index >= 15 is 0 Å². The van der Waals surface area contributed by atoms with E-state index in [0.717, 1.165) is 12.1 Å². The normalized spacial score (nSPS) is 28.7. The molecule has 0 aromatic heterocycles. The average Bonchev–Trinajstić information content (AvgIpc) is 2.80. The van der Waals surface area contributed by atoms with E-state index in [1.807, 2.05) is 0 Å². The van der Waals surface area contributed by atoms with Crippen LogP contribution in [0, 0.1) is 16.7 Å². The molecule has 2 N–H and O–H groups in total. The molecule has 3 rings (SSSR count). The number of rotatable bonds is 4. The third kappa shape index (κ3) is 2.69. The molecule has 7 heteroatoms. The summed E-state index contributed by atoms with van der Waals surface area (Å²) in [7, 11) is -3.66. The number of hydrogen-bond donors (Lipinski definition) is 2. The molecule has 1 saturated carbocycles. The van der Waals surface area contributed by atoms with Gasteiger partial charge in [0.1, 0.15) is 0 Å². The summed E-state index contributed by atoms with van der Waals surface area (Å²) in [4.78, 5) is 2.74. The molecule has 1 aromatic carbocycles. The maximum Gasteiger partial charge on any atom is 0.258 e. The summed E-state index contributed by atoms with van der Waals surface area (Å²) in [6, 6.07) is 5.08. The third-order valence-electron chi connectivity index (χ3n) is 5.77. The molecule has 0 spiro atoms. The average molecular weight is 464 g/mol. The summed E-state index contributed by atoms with van der Waals surface area (Å²) < 4.78 is 26.4. The Morgan fingerprint density at radius 3 is 2.48 bits per heavy atom. The quantitative estimate of drug-likeness (QED) is 0.653. The van der Waals surface area contributed by atoms with Crippen LogP contribution in [0.5, 0.6) is 0 Å². The Kier molecular flexibility index (Phi) is 4.23. The van der Waals surface area contributed by atoms with Crippen molar-refractivity contribution < 1.29 is 8.42 Å². The van der Waals surface area contributed by atoms with E-state index in [9.17, 15) is 8.42 Å². The highest BCUT2D eigenvalue weighted by Crippen LogP contribution is 2.64. The van der Waals surface area contributed by atoms with E-state index < -0.39 is 10.0 Å². The highest BCUT2D eigenvalue weighted by molar-refractivity contribution is 9.11. The van der Waals surface area contributed by atoms with Gasteiger partial charge in [0.2, 0.25) is 0 Å². The smallest absolute Gasteiger partial charge is 0.258 e. The number of hydrazine groups is 1. The second-order valence-electron chi connectivity index (χ2n) is 7.08. The van der Waals surface area contributed by atoms with Crippen molar-refractivity contribution in [1.82, 2.24) is 10.3 Å². The van der Waals surface area contributed by atoms with E-state index in [1.54, 1.807) is 18.2 Å². The lowest BCUT2D eigenvalue weighted by Gasteiger charge is -2.37. The summed E-state index contributed by atoms with van der Waals surface area (Å²) in [5, 5.41) is 0. The van der Waals surface area contributed by atoms with Gasteiger partial charge in [-0.3, -0.25) is 0 Å². The van der Waals surface area contributed by atoms with Crippen LogP contribution in [0.25, 0.3) is 0 Å². The summed E-state index contributed by atoms with van der Waals surface area (Å²) in [6.07, 6.45) is 4.42. The molecule has 0 aliphatic heterocycles. The molecule has 2 aliphatic rings. The molecule has 2 bridgehead atoms. The first-order chi connectivity index (χ1) is 10.6. The molecule has 1 fully saturated rings. The van der Waals surface area contributed by atoms with Crippen molar-refractivity contribution in [2.24, 2.45) is 16.7 Å². The first-order valence-corrected chi connectivity index (χ1v) is 10.6. The van der Waals surface area contributed by atoms with Crippen LogP contribution in [0.15, 0.2) is 43.8 Å². The summed E-state index contributed by atoms with van der Waals surface area (Å²) in [5.41, 5.74) is 4.09. The number of nitrogens with one attached hydrogen (secondary N) is 2. The predicted molar refractivity (Wildman–Crippen MR) is 98.0 cm³/mol. The fraction of sp³-hybridized carbons (Fsp3) is 0.500. The minimum Gasteiger partial charge on any atom is -0.312 e. The van der Waals surface area contributed by atoms with Crippen LogP contribution in [0.2, 0.25) is 0 Å². The van der Waals surface area contributed by atoms with Gasteiger partial charge in [-0.2, -0.15) is 0 Å². The van der Waals surface area contributed by atoms with Gasteiger partial charge >= 0.3 is 0 Å². The van der Waals surface area contributed by atoms with E-state index in [-0.39, 0.29) is 15.7 Å². The van der Waals surface area contributed by atoms with Crippen LogP contribution >= 0.6 is 31.9 Å². The van der Waals surface area contributed by atoms with Crippen LogP contribution in [0.1, 0.15) is 33.6 Å². The highest BCUT2D eigenvalue weighted by atomic mass is 79.9. The molecular formula is C16H20Br2N2O2S. The van der Waals surface area contributed by atoms with Gasteiger partial charge in [0.25, 0.3) is 10.0 Å². The number of benzene rings is 1. The summed E-state index contributed by atoms with van der Waals surface area (Å²) >= 11 is 6.61. The van der Waals surface area contributed by atoms with Gasteiger partial charge < -0.3 is 5.43 Å². The molecule has 0 radical (unpaired) electrons. The third-order valence-corrected chi connectivity index (χ3v) is 8.50. The summed E-state index contributed by atoms with van der Waals surface area (Å²) in [5.74, 6) is 0.497. The number of sulfonamides is 1. The first kappa shape index (κ1) is 17.5. The molecule has 0 saturated heterocycles. The van der Waals surface area contributed by atoms with Gasteiger partial charge in [0, 0.05) is 20.1 Å². The number of hydrogen-bond acceptors (Lipinski definition) is 3. The van der Waals surface area contributed by atoms with Crippen LogP contribution in [-0.2, 0) is 10.0 Å². The molecule has 23 heavy (non-hydrogen) atoms. The second-order valence-corrected chi connectivity index (χ2v) is 10.5. The molecule has 2 aliphatic carbocycles. The molecule has 2 atom stereocenters. The number of allylic oxidation sites excluding steroid dienone is 2. The van der Waals surface area contributed by atoms with Gasteiger partial charge in [-0.1, -0.05) is 42.8 Å². The van der Waals surface area contributed by atoms with Gasteiger partial charge in [0.15, 0.2) is 0 Å². The van der Waals surface area contributed by atoms with Crippen LogP contribution in [-0.4, -0.2) is 8.42 Å². The Labute approximate surface area is 154 Å². The molecular weight excluding hydrogens is 444 g/mol. The van der Waals surface area contributed by atoms with Crippen molar-refractivity contribution in [3.05, 3.63) is 38.9 Å². The van der Waals surface area contributed by atoms with E-state index in [2.05, 4.69) is 69.0 Å². The Morgan fingerprint density at radius 2 is 1.91 bits per heavy atom. The lowest BCUT2D eigenvalue weighted by Crippen LogP contribution is -2.43. The molecule has 0 amide bonds. The monoisotopic (exact) mass is 462 g/mol. The zero-order valence-corrected chi connectivity index (χ0v) is 17.3. The van der Waals surface area contributed by atoms with Crippen LogP contribution < -0.4 is 10.3 Å². The highest BCUT2D eigenvalue weighted by Gasteiger charge is 2.57. The van der Waals surface area contributed by atoms with E-state index in [4.69, 9.17) is 0 Å². The number of halogens is 2. The summed E-state index contributed by atoms with van der Waals surface area (Å²) in [6.45, 7) is 6.73. The van der Waals surface area contributed by atoms with Crippen molar-refractivity contribution in [2.75, 3.05) is 0 Å². The van der Waals surface area contributed by atoms with Gasteiger partial charge in [0.05, 0.1) is 4.90 Å². The van der Waals surface area contributed by atoms with Crippen LogP contribution in [0.3, 0.4) is 0 Å². The standard InChI is InChI=1S/C16H20Br2N2O2S/c1-15(2)10-6-7-16(15,3)14(8-10)19-20-23(21,22)13-9-11(17)4-5-12(13)18/h4-5,8-10,19-20H,6-7H2,1-3H3/t10-,16+/m0/s1. The molecule has 4 nitrogen and oxygen atoms in total. The van der Waals surface area contributed by atoms with E-state index in [1.165, 1.54) is 6.42 Å². The lowest BCUT2D eigenvalue weighted by atomic mass is 9.69. The molecule has 1 aromatic rings. The largest absolute Gasteiger partial charge is 0.312 e. The molecule has 0 unspecified atom stereocenters. The van der Waals surface area contributed by atoms with Gasteiger partial charge in [-0.15, -0.1) is 4.83 Å². The lowest BCUT2D eigenvalue weighted by molar-refractivity contribution is 0.163. The fourth-order valence-corrected chi connectivity index (χ4v) is 6.09. The Morgan fingerprint density at radius 1 is 1.22 bits per heavy atom. The maximum atomic E-state index is 12.6. The van der Waals surface area contributed by atoms with Crippen molar-refractivity contribution in [2.45, 2.75) is 38.5 Å². The van der Waals surface area contributed by atoms with Crippen molar-refractivity contribution in [3.8, 4) is 0 Å². The topological polar surface area (TPSA) is 58.2 Å². The Hall–Kier alpha value is -0.370.